The lowest BCUT2D eigenvalue weighted by atomic mass is 10.1. The van der Waals surface area contributed by atoms with Crippen LogP contribution in [0, 0.1) is 24.1 Å². The predicted octanol–water partition coefficient (Wildman–Crippen LogP) is 1.49. The molecule has 4 aromatic rings. The minimum absolute atomic E-state index is 0.0406. The Labute approximate surface area is 170 Å². The number of amides is 1. The third kappa shape index (κ3) is 3.33. The molecule has 0 fully saturated rings. The van der Waals surface area contributed by atoms with Crippen molar-refractivity contribution in [3.63, 3.8) is 0 Å². The van der Waals surface area contributed by atoms with E-state index in [0.29, 0.717) is 27.8 Å². The number of fused-ring (bicyclic) bond motifs is 3. The number of carbonyl (C=O) groups is 1. The summed E-state index contributed by atoms with van der Waals surface area (Å²) in [5.74, 6) is -0.739. The summed E-state index contributed by atoms with van der Waals surface area (Å²) in [6.07, 6.45) is 1.40. The summed E-state index contributed by atoms with van der Waals surface area (Å²) in [6, 6.07) is 14.9. The molecule has 0 aliphatic heterocycles. The molecular formula is C22H16FN5O2. The van der Waals surface area contributed by atoms with Crippen molar-refractivity contribution < 1.29 is 9.18 Å². The lowest BCUT2D eigenvalue weighted by molar-refractivity contribution is -0.121. The van der Waals surface area contributed by atoms with E-state index in [1.165, 1.54) is 34.9 Å². The van der Waals surface area contributed by atoms with Crippen LogP contribution in [-0.4, -0.2) is 15.3 Å². The third-order valence-electron chi connectivity index (χ3n) is 4.81. The van der Waals surface area contributed by atoms with Crippen molar-refractivity contribution in [3.8, 4) is 6.07 Å². The number of aromatic nitrogens is 2. The second-order valence-electron chi connectivity index (χ2n) is 6.73. The van der Waals surface area contributed by atoms with Gasteiger partial charge in [-0.2, -0.15) is 5.26 Å². The van der Waals surface area contributed by atoms with E-state index in [1.54, 1.807) is 25.1 Å². The molecule has 2 heterocycles. The summed E-state index contributed by atoms with van der Waals surface area (Å²) in [5.41, 5.74) is 7.68. The fourth-order valence-corrected chi connectivity index (χ4v) is 3.31. The van der Waals surface area contributed by atoms with E-state index in [-0.39, 0.29) is 34.5 Å². The number of nitrogens with one attached hydrogen (secondary N) is 2. The molecule has 0 aliphatic rings. The fourth-order valence-electron chi connectivity index (χ4n) is 3.31. The van der Waals surface area contributed by atoms with Crippen LogP contribution >= 0.6 is 0 Å². The van der Waals surface area contributed by atoms with Gasteiger partial charge in [0.15, 0.2) is 5.65 Å². The van der Waals surface area contributed by atoms with Gasteiger partial charge in [-0.05, 0) is 42.3 Å². The van der Waals surface area contributed by atoms with Gasteiger partial charge in [0.2, 0.25) is 5.91 Å². The maximum Gasteiger partial charge on any atom is 0.265 e. The molecule has 0 atom stereocenters. The first kappa shape index (κ1) is 19.1. The normalized spacial score (nSPS) is 11.6. The van der Waals surface area contributed by atoms with Crippen LogP contribution < -0.4 is 21.6 Å². The number of pyridine rings is 1. The number of nitriles is 1. The van der Waals surface area contributed by atoms with Crippen molar-refractivity contribution in [1.29, 1.82) is 5.26 Å². The third-order valence-corrected chi connectivity index (χ3v) is 4.81. The second kappa shape index (κ2) is 7.64. The molecule has 0 bridgehead atoms. The first-order valence-corrected chi connectivity index (χ1v) is 9.12. The zero-order valence-corrected chi connectivity index (χ0v) is 15.9. The number of nitrogens with zero attached hydrogens (tertiary/aromatic N) is 3. The van der Waals surface area contributed by atoms with Gasteiger partial charge >= 0.3 is 0 Å². The van der Waals surface area contributed by atoms with Crippen molar-refractivity contribution in [1.82, 2.24) is 20.2 Å². The van der Waals surface area contributed by atoms with E-state index in [1.807, 2.05) is 6.07 Å². The van der Waals surface area contributed by atoms with Crippen molar-refractivity contribution in [2.75, 3.05) is 0 Å². The molecular weight excluding hydrogens is 385 g/mol. The number of hydrogen-bond donors (Lipinski definition) is 2. The van der Waals surface area contributed by atoms with Gasteiger partial charge in [0.05, 0.1) is 28.2 Å². The Morgan fingerprint density at radius 3 is 2.70 bits per heavy atom. The first-order chi connectivity index (χ1) is 14.5. The Balaban J connectivity index is 1.68. The molecule has 0 aliphatic carbocycles. The molecule has 4 rings (SSSR count). The van der Waals surface area contributed by atoms with Gasteiger partial charge in [-0.3, -0.25) is 19.4 Å². The molecule has 2 aromatic heterocycles. The van der Waals surface area contributed by atoms with Gasteiger partial charge in [0, 0.05) is 6.20 Å². The number of hydrazine groups is 1. The largest absolute Gasteiger partial charge is 0.305 e. The number of para-hydroxylation sites is 2. The van der Waals surface area contributed by atoms with E-state index in [9.17, 15) is 19.2 Å². The summed E-state index contributed by atoms with van der Waals surface area (Å²) in [4.78, 5) is 29.6. The number of benzene rings is 2. The monoisotopic (exact) mass is 401 g/mol. The fraction of sp³-hybridized carbons (Fsp3) is 0.0909. The molecule has 0 radical (unpaired) electrons. The van der Waals surface area contributed by atoms with Crippen molar-refractivity contribution in [2.45, 2.75) is 13.3 Å². The number of imidazole rings is 1. The van der Waals surface area contributed by atoms with Crippen LogP contribution in [-0.2, 0) is 11.2 Å². The molecule has 30 heavy (non-hydrogen) atoms. The molecule has 1 amide bonds. The van der Waals surface area contributed by atoms with Gasteiger partial charge in [-0.25, -0.2) is 9.37 Å². The molecule has 0 spiro atoms. The van der Waals surface area contributed by atoms with Crippen LogP contribution in [0.4, 0.5) is 4.39 Å². The second-order valence-corrected chi connectivity index (χ2v) is 6.73. The maximum atomic E-state index is 13.1. The summed E-state index contributed by atoms with van der Waals surface area (Å²) in [6.45, 7) is 1.66. The number of rotatable bonds is 4. The van der Waals surface area contributed by atoms with Crippen molar-refractivity contribution in [3.05, 3.63) is 86.6 Å². The molecule has 2 aromatic carbocycles. The average molecular weight is 401 g/mol. The Morgan fingerprint density at radius 2 is 1.97 bits per heavy atom. The SMILES string of the molecule is Cc1c(C#N)c2nc3ccccc3n2c(=O)c1=CNNC(=O)Cc1ccc(F)cc1. The van der Waals surface area contributed by atoms with Gasteiger partial charge in [0.25, 0.3) is 5.56 Å². The van der Waals surface area contributed by atoms with Gasteiger partial charge in [0.1, 0.15) is 11.9 Å². The standard InChI is InChI=1S/C22H16FN5O2/c1-13-16(11-24)21-26-18-4-2-3-5-19(18)28(21)22(30)17(13)12-25-27-20(29)10-14-6-8-15(23)9-7-14/h2-9,12,25H,10H2,1H3,(H,27,29). The molecule has 7 nitrogen and oxygen atoms in total. The lowest BCUT2D eigenvalue weighted by Gasteiger charge is -2.06. The summed E-state index contributed by atoms with van der Waals surface area (Å²) in [7, 11) is 0. The van der Waals surface area contributed by atoms with E-state index in [2.05, 4.69) is 21.9 Å². The zero-order valence-electron chi connectivity index (χ0n) is 15.9. The van der Waals surface area contributed by atoms with E-state index in [0.717, 1.165) is 0 Å². The predicted molar refractivity (Wildman–Crippen MR) is 109 cm³/mol. The van der Waals surface area contributed by atoms with Crippen LogP contribution in [0.3, 0.4) is 0 Å². The van der Waals surface area contributed by atoms with Crippen LogP contribution in [0.1, 0.15) is 16.7 Å². The Kier molecular flexibility index (Phi) is 4.86. The van der Waals surface area contributed by atoms with Crippen molar-refractivity contribution >= 4 is 28.8 Å². The smallest absolute Gasteiger partial charge is 0.265 e. The number of halogens is 1. The maximum absolute atomic E-state index is 13.1. The molecule has 148 valence electrons. The van der Waals surface area contributed by atoms with Crippen LogP contribution in [0.25, 0.3) is 22.9 Å². The van der Waals surface area contributed by atoms with E-state index < -0.39 is 0 Å². The summed E-state index contributed by atoms with van der Waals surface area (Å²) in [5, 5.41) is 9.86. The van der Waals surface area contributed by atoms with Gasteiger partial charge in [-0.15, -0.1) is 0 Å². The van der Waals surface area contributed by atoms with Crippen LogP contribution in [0.2, 0.25) is 0 Å². The molecule has 0 saturated heterocycles. The Morgan fingerprint density at radius 1 is 1.23 bits per heavy atom. The summed E-state index contributed by atoms with van der Waals surface area (Å²) < 4.78 is 14.4. The molecule has 0 saturated carbocycles. The van der Waals surface area contributed by atoms with Gasteiger partial charge in [-0.1, -0.05) is 24.3 Å². The highest BCUT2D eigenvalue weighted by atomic mass is 19.1. The highest BCUT2D eigenvalue weighted by Crippen LogP contribution is 2.17. The van der Waals surface area contributed by atoms with E-state index >= 15 is 0 Å². The zero-order chi connectivity index (χ0) is 21.3. The van der Waals surface area contributed by atoms with Crippen LogP contribution in [0.15, 0.2) is 53.3 Å². The lowest BCUT2D eigenvalue weighted by Crippen LogP contribution is -2.40. The van der Waals surface area contributed by atoms with E-state index in [4.69, 9.17) is 0 Å². The minimum atomic E-state index is -0.375. The number of hydrogen-bond acceptors (Lipinski definition) is 5. The Bertz CT molecular complexity index is 1440. The van der Waals surface area contributed by atoms with Crippen molar-refractivity contribution in [2.24, 2.45) is 0 Å². The minimum Gasteiger partial charge on any atom is -0.305 e. The molecule has 8 heteroatoms. The Hall–Kier alpha value is -4.25. The number of carbonyl (C=O) groups excluding carboxylic acids is 1. The molecule has 2 N–H and O–H groups in total. The quantitative estimate of drug-likeness (QED) is 0.505. The first-order valence-electron chi connectivity index (χ1n) is 9.12. The molecule has 0 unspecified atom stereocenters. The topological polar surface area (TPSA) is 99.3 Å². The van der Waals surface area contributed by atoms with Gasteiger partial charge < -0.3 is 5.43 Å². The highest BCUT2D eigenvalue weighted by molar-refractivity contribution is 5.82. The highest BCUT2D eigenvalue weighted by Gasteiger charge is 2.15. The average Bonchev–Trinajstić information content (AvgIpc) is 3.12. The summed E-state index contributed by atoms with van der Waals surface area (Å²) >= 11 is 0. The van der Waals surface area contributed by atoms with Crippen LogP contribution in [0.5, 0.6) is 0 Å².